The average Bonchev–Trinajstić information content (AvgIpc) is 2.41. The number of nitrogens with two attached hydrogens (primary N) is 1. The molecule has 3 rings (SSSR count). The maximum atomic E-state index is 9.90. The van der Waals surface area contributed by atoms with Crippen LogP contribution >= 0.6 is 0 Å². The van der Waals surface area contributed by atoms with Gasteiger partial charge in [-0.1, -0.05) is 6.07 Å². The highest BCUT2D eigenvalue weighted by molar-refractivity contribution is 5.85. The molecule has 0 atom stereocenters. The molecule has 5 nitrogen and oxygen atoms in total. The van der Waals surface area contributed by atoms with Gasteiger partial charge in [0, 0.05) is 23.3 Å². The minimum Gasteiger partial charge on any atom is -0.504 e. The topological polar surface area (TPSA) is 84.9 Å². The van der Waals surface area contributed by atoms with Gasteiger partial charge in [0.2, 0.25) is 0 Å². The fourth-order valence-corrected chi connectivity index (χ4v) is 1.86. The molecule has 18 heavy (non-hydrogen) atoms. The first-order valence-electron chi connectivity index (χ1n) is 5.39. The summed E-state index contributed by atoms with van der Waals surface area (Å²) in [6.45, 7) is 0. The second-order valence-corrected chi connectivity index (χ2v) is 3.89. The van der Waals surface area contributed by atoms with Crippen LogP contribution in [0.25, 0.3) is 22.0 Å². The zero-order valence-corrected chi connectivity index (χ0v) is 9.41. The van der Waals surface area contributed by atoms with E-state index in [1.165, 1.54) is 6.33 Å². The van der Waals surface area contributed by atoms with Crippen molar-refractivity contribution in [1.29, 1.82) is 0 Å². The number of benzene rings is 1. The molecule has 0 unspecified atom stereocenters. The second-order valence-electron chi connectivity index (χ2n) is 3.89. The molecule has 0 bridgehead atoms. The molecule has 3 aromatic rings. The minimum atomic E-state index is -0.00583. The van der Waals surface area contributed by atoms with Crippen molar-refractivity contribution in [3.8, 4) is 16.9 Å². The summed E-state index contributed by atoms with van der Waals surface area (Å²) in [7, 11) is 0. The van der Waals surface area contributed by atoms with Gasteiger partial charge in [0.1, 0.15) is 6.33 Å². The summed E-state index contributed by atoms with van der Waals surface area (Å²) in [6.07, 6.45) is 4.80. The fraction of sp³-hybridized carbons (Fsp3) is 0. The Morgan fingerprint density at radius 1 is 1.11 bits per heavy atom. The molecule has 0 aliphatic rings. The van der Waals surface area contributed by atoms with Crippen LogP contribution in [0.15, 0.2) is 43.0 Å². The maximum absolute atomic E-state index is 9.90. The summed E-state index contributed by atoms with van der Waals surface area (Å²) in [5.41, 5.74) is 7.94. The number of rotatable bonds is 1. The van der Waals surface area contributed by atoms with Gasteiger partial charge in [-0.15, -0.1) is 0 Å². The molecular formula is C13H10N4O. The number of pyridine rings is 1. The number of hydrogen-bond donors (Lipinski definition) is 2. The van der Waals surface area contributed by atoms with E-state index >= 15 is 0 Å². The fourth-order valence-electron chi connectivity index (χ4n) is 1.86. The van der Waals surface area contributed by atoms with E-state index in [1.54, 1.807) is 18.5 Å². The highest BCUT2D eigenvalue weighted by Crippen LogP contribution is 2.33. The van der Waals surface area contributed by atoms with E-state index in [1.807, 2.05) is 18.2 Å². The lowest BCUT2D eigenvalue weighted by Crippen LogP contribution is -1.92. The van der Waals surface area contributed by atoms with Crippen LogP contribution in [0, 0.1) is 0 Å². The van der Waals surface area contributed by atoms with E-state index in [0.717, 1.165) is 16.5 Å². The lowest BCUT2D eigenvalue weighted by atomic mass is 10.0. The van der Waals surface area contributed by atoms with Crippen LogP contribution in [-0.2, 0) is 0 Å². The molecule has 0 radical (unpaired) electrons. The number of fused-ring (bicyclic) bond motifs is 1. The Morgan fingerprint density at radius 3 is 2.89 bits per heavy atom. The van der Waals surface area contributed by atoms with E-state index < -0.39 is 0 Å². The van der Waals surface area contributed by atoms with Crippen molar-refractivity contribution in [3.63, 3.8) is 0 Å². The third-order valence-corrected chi connectivity index (χ3v) is 2.77. The van der Waals surface area contributed by atoms with Crippen LogP contribution in [0.1, 0.15) is 0 Å². The first-order valence-corrected chi connectivity index (χ1v) is 5.39. The van der Waals surface area contributed by atoms with Crippen LogP contribution in [0.5, 0.6) is 5.75 Å². The predicted octanol–water partition coefficient (Wildman–Crippen LogP) is 1.98. The molecule has 0 amide bonds. The standard InChI is InChI=1S/C13H10N4O/c14-13-12(18)10(3-4-16-13)8-1-2-11-9(5-8)6-15-7-17-11/h1-7,18H,(H2,14,16). The van der Waals surface area contributed by atoms with Gasteiger partial charge in [0.25, 0.3) is 0 Å². The number of aromatic nitrogens is 3. The molecule has 88 valence electrons. The normalized spacial score (nSPS) is 10.7. The third kappa shape index (κ3) is 1.62. The van der Waals surface area contributed by atoms with Crippen molar-refractivity contribution in [1.82, 2.24) is 15.0 Å². The first-order chi connectivity index (χ1) is 8.75. The highest BCUT2D eigenvalue weighted by atomic mass is 16.3. The van der Waals surface area contributed by atoms with E-state index in [4.69, 9.17) is 5.73 Å². The average molecular weight is 238 g/mol. The van der Waals surface area contributed by atoms with Crippen LogP contribution in [0.2, 0.25) is 0 Å². The SMILES string of the molecule is Nc1nccc(-c2ccc3ncncc3c2)c1O. The van der Waals surface area contributed by atoms with Gasteiger partial charge in [0.15, 0.2) is 11.6 Å². The summed E-state index contributed by atoms with van der Waals surface area (Å²) < 4.78 is 0. The zero-order chi connectivity index (χ0) is 12.5. The highest BCUT2D eigenvalue weighted by Gasteiger charge is 2.08. The van der Waals surface area contributed by atoms with Crippen LogP contribution in [-0.4, -0.2) is 20.1 Å². The molecule has 0 aliphatic carbocycles. The zero-order valence-electron chi connectivity index (χ0n) is 9.41. The molecule has 5 heteroatoms. The molecular weight excluding hydrogens is 228 g/mol. The second kappa shape index (κ2) is 3.96. The summed E-state index contributed by atoms with van der Waals surface area (Å²) in [6, 6.07) is 7.38. The number of nitrogen functional groups attached to an aromatic ring is 1. The Hall–Kier alpha value is -2.69. The van der Waals surface area contributed by atoms with Gasteiger partial charge in [-0.05, 0) is 23.8 Å². The van der Waals surface area contributed by atoms with Gasteiger partial charge in [-0.25, -0.2) is 15.0 Å². The molecule has 0 spiro atoms. The number of anilines is 1. The van der Waals surface area contributed by atoms with Crippen molar-refractivity contribution in [2.24, 2.45) is 0 Å². The smallest absolute Gasteiger partial charge is 0.166 e. The molecule has 2 heterocycles. The van der Waals surface area contributed by atoms with Crippen LogP contribution in [0.3, 0.4) is 0 Å². The molecule has 0 saturated heterocycles. The van der Waals surface area contributed by atoms with Crippen molar-refractivity contribution in [3.05, 3.63) is 43.0 Å². The Balaban J connectivity index is 2.22. The third-order valence-electron chi connectivity index (χ3n) is 2.77. The maximum Gasteiger partial charge on any atom is 0.166 e. The minimum absolute atomic E-state index is 0.00583. The quantitative estimate of drug-likeness (QED) is 0.677. The number of aromatic hydroxyl groups is 1. The summed E-state index contributed by atoms with van der Waals surface area (Å²) >= 11 is 0. The lowest BCUT2D eigenvalue weighted by Gasteiger charge is -2.07. The molecule has 1 aromatic carbocycles. The largest absolute Gasteiger partial charge is 0.504 e. The van der Waals surface area contributed by atoms with Crippen molar-refractivity contribution >= 4 is 16.7 Å². The van der Waals surface area contributed by atoms with Crippen molar-refractivity contribution in [2.75, 3.05) is 5.73 Å². The van der Waals surface area contributed by atoms with Gasteiger partial charge >= 0.3 is 0 Å². The van der Waals surface area contributed by atoms with E-state index in [-0.39, 0.29) is 11.6 Å². The Kier molecular flexibility index (Phi) is 2.30. The summed E-state index contributed by atoms with van der Waals surface area (Å²) in [5.74, 6) is 0.116. The molecule has 3 N–H and O–H groups in total. The summed E-state index contributed by atoms with van der Waals surface area (Å²) in [4.78, 5) is 12.0. The summed E-state index contributed by atoms with van der Waals surface area (Å²) in [5, 5.41) is 10.8. The molecule has 0 saturated carbocycles. The lowest BCUT2D eigenvalue weighted by molar-refractivity contribution is 0.478. The van der Waals surface area contributed by atoms with E-state index in [9.17, 15) is 5.11 Å². The van der Waals surface area contributed by atoms with Crippen LogP contribution in [0.4, 0.5) is 5.82 Å². The van der Waals surface area contributed by atoms with Gasteiger partial charge < -0.3 is 10.8 Å². The molecule has 0 fully saturated rings. The Bertz CT molecular complexity index is 727. The molecule has 2 aromatic heterocycles. The van der Waals surface area contributed by atoms with Gasteiger partial charge in [-0.3, -0.25) is 0 Å². The monoisotopic (exact) mass is 238 g/mol. The van der Waals surface area contributed by atoms with Crippen molar-refractivity contribution < 1.29 is 5.11 Å². The molecule has 0 aliphatic heterocycles. The van der Waals surface area contributed by atoms with E-state index in [2.05, 4.69) is 15.0 Å². The Labute approximate surface area is 103 Å². The first kappa shape index (κ1) is 10.5. The van der Waals surface area contributed by atoms with Gasteiger partial charge in [-0.2, -0.15) is 0 Å². The van der Waals surface area contributed by atoms with Crippen molar-refractivity contribution in [2.45, 2.75) is 0 Å². The van der Waals surface area contributed by atoms with Crippen LogP contribution < -0.4 is 5.73 Å². The number of nitrogens with zero attached hydrogens (tertiary/aromatic N) is 3. The van der Waals surface area contributed by atoms with Gasteiger partial charge in [0.05, 0.1) is 5.52 Å². The predicted molar refractivity (Wildman–Crippen MR) is 68.8 cm³/mol. The van der Waals surface area contributed by atoms with E-state index in [0.29, 0.717) is 5.56 Å². The number of hydrogen-bond acceptors (Lipinski definition) is 5. The Morgan fingerprint density at radius 2 is 2.00 bits per heavy atom.